The molecule has 0 aliphatic rings. The predicted octanol–water partition coefficient (Wildman–Crippen LogP) is 3.82. The van der Waals surface area contributed by atoms with Gasteiger partial charge in [-0.25, -0.2) is 0 Å². The zero-order chi connectivity index (χ0) is 13.9. The summed E-state index contributed by atoms with van der Waals surface area (Å²) in [6.07, 6.45) is 0.397. The van der Waals surface area contributed by atoms with E-state index in [1.165, 1.54) is 0 Å². The number of benzene rings is 1. The molecule has 1 aromatic rings. The molecule has 100 valence electrons. The number of phenols is 1. The average Bonchev–Trinajstić information content (AvgIpc) is 2.13. The fourth-order valence-electron chi connectivity index (χ4n) is 2.83. The number of hydrogen-bond donors (Lipinski definition) is 1. The van der Waals surface area contributed by atoms with E-state index in [0.717, 1.165) is 5.56 Å². The van der Waals surface area contributed by atoms with E-state index >= 15 is 0 Å². The Bertz CT molecular complexity index is 413. The van der Waals surface area contributed by atoms with Crippen LogP contribution in [0.3, 0.4) is 0 Å². The average molecular weight is 248 g/mol. The van der Waals surface area contributed by atoms with Gasteiger partial charge in [-0.05, 0) is 29.0 Å². The van der Waals surface area contributed by atoms with E-state index in [1.807, 2.05) is 6.07 Å². The van der Waals surface area contributed by atoms with Crippen LogP contribution in [0.1, 0.15) is 40.2 Å². The molecule has 0 fully saturated rings. The second kappa shape index (κ2) is 5.55. The van der Waals surface area contributed by atoms with Gasteiger partial charge >= 0.3 is 0 Å². The van der Waals surface area contributed by atoms with Crippen LogP contribution in [0.4, 0.5) is 0 Å². The van der Waals surface area contributed by atoms with Gasteiger partial charge in [0.1, 0.15) is 11.5 Å². The highest BCUT2D eigenvalue weighted by atomic mass is 16.3. The van der Waals surface area contributed by atoms with E-state index in [-0.39, 0.29) is 22.9 Å². The highest BCUT2D eigenvalue weighted by Gasteiger charge is 2.33. The highest BCUT2D eigenvalue weighted by Crippen LogP contribution is 2.33. The van der Waals surface area contributed by atoms with Gasteiger partial charge in [0.25, 0.3) is 0 Å². The minimum absolute atomic E-state index is 0.0257. The molecule has 0 aromatic heterocycles. The maximum Gasteiger partial charge on any atom is 0.141 e. The topological polar surface area (TPSA) is 37.3 Å². The molecule has 1 rings (SSSR count). The van der Waals surface area contributed by atoms with E-state index in [4.69, 9.17) is 0 Å². The standard InChI is InChI=1S/C16H24O2/c1-11(2)15(16(3,4)5)14(18)10-12-7-6-8-13(17)9-12/h6-9,11,15,17H,10H2,1-5H3. The minimum atomic E-state index is -0.0257. The number of hydrogen-bond acceptors (Lipinski definition) is 2. The number of phenolic OH excluding ortho intramolecular Hbond substituents is 1. The molecule has 1 unspecified atom stereocenters. The van der Waals surface area contributed by atoms with Crippen LogP contribution in [-0.4, -0.2) is 10.9 Å². The molecule has 1 aromatic carbocycles. The van der Waals surface area contributed by atoms with Crippen LogP contribution >= 0.6 is 0 Å². The van der Waals surface area contributed by atoms with E-state index in [1.54, 1.807) is 18.2 Å². The monoisotopic (exact) mass is 248 g/mol. The van der Waals surface area contributed by atoms with Crippen LogP contribution in [0.15, 0.2) is 24.3 Å². The van der Waals surface area contributed by atoms with Crippen LogP contribution in [0.5, 0.6) is 5.75 Å². The maximum absolute atomic E-state index is 12.4. The molecule has 1 atom stereocenters. The fraction of sp³-hybridized carbons (Fsp3) is 0.562. The lowest BCUT2D eigenvalue weighted by Crippen LogP contribution is -2.34. The van der Waals surface area contributed by atoms with Crippen molar-refractivity contribution in [2.75, 3.05) is 0 Å². The van der Waals surface area contributed by atoms with Crippen molar-refractivity contribution in [1.29, 1.82) is 0 Å². The summed E-state index contributed by atoms with van der Waals surface area (Å²) in [5.41, 5.74) is 0.858. The number of ketones is 1. The van der Waals surface area contributed by atoms with Crippen molar-refractivity contribution in [3.05, 3.63) is 29.8 Å². The smallest absolute Gasteiger partial charge is 0.141 e. The second-order valence-corrected chi connectivity index (χ2v) is 6.40. The number of aromatic hydroxyl groups is 1. The normalized spacial score (nSPS) is 13.7. The van der Waals surface area contributed by atoms with E-state index in [9.17, 15) is 9.90 Å². The highest BCUT2D eigenvalue weighted by molar-refractivity contribution is 5.84. The number of rotatable bonds is 4. The molecular formula is C16H24O2. The summed E-state index contributed by atoms with van der Waals surface area (Å²) in [7, 11) is 0. The summed E-state index contributed by atoms with van der Waals surface area (Å²) in [5, 5.41) is 9.42. The Kier molecular flexibility index (Phi) is 4.55. The van der Waals surface area contributed by atoms with Crippen molar-refractivity contribution in [3.8, 4) is 5.75 Å². The molecule has 2 heteroatoms. The van der Waals surface area contributed by atoms with Crippen LogP contribution in [-0.2, 0) is 11.2 Å². The molecule has 0 saturated heterocycles. The Morgan fingerprint density at radius 2 is 1.89 bits per heavy atom. The SMILES string of the molecule is CC(C)C(C(=O)Cc1cccc(O)c1)C(C)(C)C. The number of Topliss-reactive ketones (excluding diaryl/α,β-unsaturated/α-hetero) is 1. The summed E-state index contributed by atoms with van der Waals surface area (Å²) >= 11 is 0. The molecule has 0 bridgehead atoms. The molecule has 0 amide bonds. The Balaban J connectivity index is 2.86. The molecule has 1 N–H and O–H groups in total. The third-order valence-electron chi connectivity index (χ3n) is 3.24. The van der Waals surface area contributed by atoms with Gasteiger partial charge in [0.05, 0.1) is 0 Å². The van der Waals surface area contributed by atoms with Crippen LogP contribution < -0.4 is 0 Å². The molecule has 0 saturated carbocycles. The zero-order valence-electron chi connectivity index (χ0n) is 12.0. The minimum Gasteiger partial charge on any atom is -0.508 e. The fourth-order valence-corrected chi connectivity index (χ4v) is 2.83. The molecule has 0 heterocycles. The molecule has 18 heavy (non-hydrogen) atoms. The van der Waals surface area contributed by atoms with Crippen LogP contribution in [0, 0.1) is 17.3 Å². The Hall–Kier alpha value is -1.31. The molecule has 2 nitrogen and oxygen atoms in total. The Morgan fingerprint density at radius 1 is 1.28 bits per heavy atom. The third-order valence-corrected chi connectivity index (χ3v) is 3.24. The van der Waals surface area contributed by atoms with E-state index < -0.39 is 0 Å². The van der Waals surface area contributed by atoms with Gasteiger partial charge in [0, 0.05) is 12.3 Å². The molecule has 0 spiro atoms. The molecular weight excluding hydrogens is 224 g/mol. The molecule has 0 aliphatic heterocycles. The van der Waals surface area contributed by atoms with Crippen molar-refractivity contribution in [2.45, 2.75) is 41.0 Å². The summed E-state index contributed by atoms with van der Waals surface area (Å²) in [6.45, 7) is 10.5. The van der Waals surface area contributed by atoms with Crippen molar-refractivity contribution < 1.29 is 9.90 Å². The van der Waals surface area contributed by atoms with Gasteiger partial charge in [-0.15, -0.1) is 0 Å². The predicted molar refractivity (Wildman–Crippen MR) is 74.6 cm³/mol. The van der Waals surface area contributed by atoms with Crippen LogP contribution in [0.25, 0.3) is 0 Å². The van der Waals surface area contributed by atoms with Gasteiger partial charge in [-0.2, -0.15) is 0 Å². The van der Waals surface area contributed by atoms with Crippen molar-refractivity contribution in [2.24, 2.45) is 17.3 Å². The number of carbonyl (C=O) groups is 1. The summed E-state index contributed by atoms with van der Waals surface area (Å²) in [6, 6.07) is 6.95. The Labute approximate surface area is 110 Å². The van der Waals surface area contributed by atoms with E-state index in [0.29, 0.717) is 12.3 Å². The van der Waals surface area contributed by atoms with Crippen LogP contribution in [0.2, 0.25) is 0 Å². The maximum atomic E-state index is 12.4. The summed E-state index contributed by atoms with van der Waals surface area (Å²) < 4.78 is 0. The van der Waals surface area contributed by atoms with Crippen molar-refractivity contribution in [3.63, 3.8) is 0 Å². The zero-order valence-corrected chi connectivity index (χ0v) is 12.0. The lowest BCUT2D eigenvalue weighted by molar-refractivity contribution is -0.127. The lowest BCUT2D eigenvalue weighted by atomic mass is 9.71. The van der Waals surface area contributed by atoms with Crippen molar-refractivity contribution >= 4 is 5.78 Å². The van der Waals surface area contributed by atoms with Gasteiger partial charge in [-0.3, -0.25) is 4.79 Å². The number of carbonyl (C=O) groups excluding carboxylic acids is 1. The van der Waals surface area contributed by atoms with Crippen molar-refractivity contribution in [1.82, 2.24) is 0 Å². The van der Waals surface area contributed by atoms with Gasteiger partial charge in [-0.1, -0.05) is 46.8 Å². The first-order valence-corrected chi connectivity index (χ1v) is 6.52. The summed E-state index contributed by atoms with van der Waals surface area (Å²) in [4.78, 5) is 12.4. The Morgan fingerprint density at radius 3 is 2.33 bits per heavy atom. The molecule has 0 radical (unpaired) electrons. The third kappa shape index (κ3) is 3.86. The quantitative estimate of drug-likeness (QED) is 0.879. The van der Waals surface area contributed by atoms with E-state index in [2.05, 4.69) is 34.6 Å². The molecule has 0 aliphatic carbocycles. The summed E-state index contributed by atoms with van der Waals surface area (Å²) in [5.74, 6) is 0.843. The van der Waals surface area contributed by atoms with Gasteiger partial charge in [0.2, 0.25) is 0 Å². The lowest BCUT2D eigenvalue weighted by Gasteiger charge is -2.32. The van der Waals surface area contributed by atoms with Gasteiger partial charge in [0.15, 0.2) is 0 Å². The first-order chi connectivity index (χ1) is 8.21. The first kappa shape index (κ1) is 14.7. The first-order valence-electron chi connectivity index (χ1n) is 6.52. The second-order valence-electron chi connectivity index (χ2n) is 6.40. The van der Waals surface area contributed by atoms with Gasteiger partial charge < -0.3 is 5.11 Å². The largest absolute Gasteiger partial charge is 0.508 e.